The molecule has 0 fully saturated rings. The van der Waals surface area contributed by atoms with Crippen LogP contribution in [0.1, 0.15) is 39.5 Å². The van der Waals surface area contributed by atoms with E-state index in [1.54, 1.807) is 0 Å². The van der Waals surface area contributed by atoms with Crippen molar-refractivity contribution >= 4 is 32.7 Å². The number of halogens is 1. The Morgan fingerprint density at radius 3 is 2.30 bits per heavy atom. The van der Waals surface area contributed by atoms with Gasteiger partial charge >= 0.3 is 0 Å². The molecule has 0 aliphatic rings. The van der Waals surface area contributed by atoms with Gasteiger partial charge in [0.05, 0.1) is 5.52 Å². The van der Waals surface area contributed by atoms with Crippen LogP contribution in [0.5, 0.6) is 0 Å². The molecule has 0 saturated carbocycles. The molecule has 0 atom stereocenters. The Balaban J connectivity index is 2.05. The molecule has 30 heavy (non-hydrogen) atoms. The van der Waals surface area contributed by atoms with E-state index in [0.29, 0.717) is 10.9 Å². The molecule has 0 aliphatic heterocycles. The molecule has 0 N–H and O–H groups in total. The largest absolute Gasteiger partial charge is 0.341 e. The molecule has 2 aromatic carbocycles. The van der Waals surface area contributed by atoms with E-state index < -0.39 is 0 Å². The van der Waals surface area contributed by atoms with Crippen LogP contribution in [0, 0.1) is 0 Å². The topological polar surface area (TPSA) is 42.3 Å². The van der Waals surface area contributed by atoms with E-state index >= 15 is 0 Å². The zero-order valence-corrected chi connectivity index (χ0v) is 19.3. The first-order valence-corrected chi connectivity index (χ1v) is 11.5. The van der Waals surface area contributed by atoms with Gasteiger partial charge in [-0.05, 0) is 36.6 Å². The summed E-state index contributed by atoms with van der Waals surface area (Å²) in [5.74, 6) is 0.0980. The number of carbonyl (C=O) groups is 1. The number of benzene rings is 2. The number of hydrogen-bond acceptors (Lipinski definition) is 2. The Labute approximate surface area is 186 Å². The number of aromatic nitrogens is 1. The summed E-state index contributed by atoms with van der Waals surface area (Å²) in [5, 5.41) is 0.626. The predicted molar refractivity (Wildman–Crippen MR) is 128 cm³/mol. The number of nitrogens with zero attached hydrogens (tertiary/aromatic N) is 2. The highest BCUT2D eigenvalue weighted by Gasteiger charge is 2.17. The lowest BCUT2D eigenvalue weighted by Crippen LogP contribution is -2.35. The molecule has 0 radical (unpaired) electrons. The number of hydrogen-bond donors (Lipinski definition) is 0. The Morgan fingerprint density at radius 2 is 1.67 bits per heavy atom. The average Bonchev–Trinajstić information content (AvgIpc) is 2.76. The molecule has 158 valence electrons. The molecule has 1 heterocycles. The van der Waals surface area contributed by atoms with Crippen LogP contribution in [0.2, 0.25) is 0 Å². The molecule has 4 nitrogen and oxygen atoms in total. The normalized spacial score (nSPS) is 11.0. The molecule has 0 unspecified atom stereocenters. The summed E-state index contributed by atoms with van der Waals surface area (Å²) >= 11 is 3.51. The Bertz CT molecular complexity index is 1050. The van der Waals surface area contributed by atoms with E-state index in [4.69, 9.17) is 0 Å². The fourth-order valence-corrected chi connectivity index (χ4v) is 3.97. The number of amides is 1. The third-order valence-corrected chi connectivity index (χ3v) is 5.84. The van der Waals surface area contributed by atoms with Crippen molar-refractivity contribution in [1.29, 1.82) is 0 Å². The number of carbonyl (C=O) groups excluding carboxylic acids is 1. The monoisotopic (exact) mass is 468 g/mol. The lowest BCUT2D eigenvalue weighted by atomic mass is 10.0. The van der Waals surface area contributed by atoms with Crippen LogP contribution in [0.15, 0.2) is 64.0 Å². The third-order valence-electron chi connectivity index (χ3n) is 5.35. The van der Waals surface area contributed by atoms with Gasteiger partial charge in [0.15, 0.2) is 5.43 Å². The molecule has 1 amide bonds. The van der Waals surface area contributed by atoms with E-state index in [9.17, 15) is 9.59 Å². The first-order valence-electron chi connectivity index (χ1n) is 10.7. The molecule has 0 saturated heterocycles. The SMILES string of the molecule is CCCCN(CCCC)C(=O)Cn1cc(-c2ccccc2)c(=O)c2ccc(Br)cc21. The second kappa shape index (κ2) is 10.6. The van der Waals surface area contributed by atoms with Gasteiger partial charge in [-0.15, -0.1) is 0 Å². The van der Waals surface area contributed by atoms with Crippen molar-refractivity contribution in [2.45, 2.75) is 46.1 Å². The van der Waals surface area contributed by atoms with Crippen LogP contribution >= 0.6 is 15.9 Å². The van der Waals surface area contributed by atoms with Gasteiger partial charge in [0.1, 0.15) is 6.54 Å². The van der Waals surface area contributed by atoms with Gasteiger partial charge in [-0.2, -0.15) is 0 Å². The second-order valence-electron chi connectivity index (χ2n) is 7.62. The van der Waals surface area contributed by atoms with Crippen LogP contribution in [0.25, 0.3) is 22.0 Å². The zero-order valence-electron chi connectivity index (χ0n) is 17.7. The van der Waals surface area contributed by atoms with Crippen molar-refractivity contribution < 1.29 is 4.79 Å². The Morgan fingerprint density at radius 1 is 1.00 bits per heavy atom. The average molecular weight is 469 g/mol. The second-order valence-corrected chi connectivity index (χ2v) is 8.53. The maximum absolute atomic E-state index is 13.2. The molecule has 0 spiro atoms. The van der Waals surface area contributed by atoms with E-state index in [0.717, 1.165) is 54.3 Å². The first-order chi connectivity index (χ1) is 14.5. The van der Waals surface area contributed by atoms with Crippen molar-refractivity contribution in [3.8, 4) is 11.1 Å². The molecule has 1 aromatic heterocycles. The highest BCUT2D eigenvalue weighted by atomic mass is 79.9. The molecule has 3 aromatic rings. The molecule has 5 heteroatoms. The quantitative estimate of drug-likeness (QED) is 0.394. The van der Waals surface area contributed by atoms with E-state index in [-0.39, 0.29) is 17.9 Å². The highest BCUT2D eigenvalue weighted by Crippen LogP contribution is 2.23. The highest BCUT2D eigenvalue weighted by molar-refractivity contribution is 9.10. The first kappa shape index (κ1) is 22.3. The molecule has 0 aliphatic carbocycles. The summed E-state index contributed by atoms with van der Waals surface area (Å²) in [4.78, 5) is 28.3. The molecule has 0 bridgehead atoms. The summed E-state index contributed by atoms with van der Waals surface area (Å²) in [6, 6.07) is 15.3. The zero-order chi connectivity index (χ0) is 21.5. The summed E-state index contributed by atoms with van der Waals surface area (Å²) in [5.41, 5.74) is 2.24. The summed E-state index contributed by atoms with van der Waals surface area (Å²) in [6.07, 6.45) is 5.95. The Hall–Kier alpha value is -2.40. The summed E-state index contributed by atoms with van der Waals surface area (Å²) in [7, 11) is 0. The number of pyridine rings is 1. The predicted octanol–water partition coefficient (Wildman–Crippen LogP) is 5.86. The number of unbranched alkanes of at least 4 members (excludes halogenated alkanes) is 2. The smallest absolute Gasteiger partial charge is 0.242 e. The van der Waals surface area contributed by atoms with E-state index in [1.165, 1.54) is 0 Å². The molecular weight excluding hydrogens is 440 g/mol. The number of rotatable bonds is 9. The van der Waals surface area contributed by atoms with Gasteiger partial charge < -0.3 is 9.47 Å². The van der Waals surface area contributed by atoms with Crippen LogP contribution < -0.4 is 5.43 Å². The summed E-state index contributed by atoms with van der Waals surface area (Å²) < 4.78 is 2.81. The van der Waals surface area contributed by atoms with Gasteiger partial charge in [0, 0.05) is 34.7 Å². The Kier molecular flexibility index (Phi) is 7.86. The van der Waals surface area contributed by atoms with Gasteiger partial charge in [-0.25, -0.2) is 0 Å². The summed E-state index contributed by atoms with van der Waals surface area (Å²) in [6.45, 7) is 6.06. The van der Waals surface area contributed by atoms with Crippen molar-refractivity contribution in [3.05, 3.63) is 69.4 Å². The molecular formula is C25H29BrN2O2. The van der Waals surface area contributed by atoms with Crippen molar-refractivity contribution in [1.82, 2.24) is 9.47 Å². The number of fused-ring (bicyclic) bond motifs is 1. The van der Waals surface area contributed by atoms with Crippen LogP contribution in [0.3, 0.4) is 0 Å². The van der Waals surface area contributed by atoms with Crippen molar-refractivity contribution in [2.24, 2.45) is 0 Å². The van der Waals surface area contributed by atoms with E-state index in [1.807, 2.05) is 64.2 Å². The molecule has 3 rings (SSSR count). The standard InChI is InChI=1S/C25H29BrN2O2/c1-3-5-14-27(15-6-4-2)24(29)18-28-17-22(19-10-8-7-9-11-19)25(30)21-13-12-20(26)16-23(21)28/h7-13,16-17H,3-6,14-15,18H2,1-2H3. The van der Waals surface area contributed by atoms with Crippen molar-refractivity contribution in [3.63, 3.8) is 0 Å². The minimum atomic E-state index is -0.0128. The van der Waals surface area contributed by atoms with Crippen molar-refractivity contribution in [2.75, 3.05) is 13.1 Å². The minimum Gasteiger partial charge on any atom is -0.341 e. The third kappa shape index (κ3) is 5.20. The fraction of sp³-hybridized carbons (Fsp3) is 0.360. The van der Waals surface area contributed by atoms with Crippen LogP contribution in [0.4, 0.5) is 0 Å². The fourth-order valence-electron chi connectivity index (χ4n) is 3.62. The van der Waals surface area contributed by atoms with E-state index in [2.05, 4.69) is 29.8 Å². The maximum atomic E-state index is 13.2. The van der Waals surface area contributed by atoms with Crippen LogP contribution in [-0.2, 0) is 11.3 Å². The lowest BCUT2D eigenvalue weighted by molar-refractivity contribution is -0.131. The van der Waals surface area contributed by atoms with Crippen LogP contribution in [-0.4, -0.2) is 28.5 Å². The van der Waals surface area contributed by atoms with Gasteiger partial charge in [0.25, 0.3) is 0 Å². The van der Waals surface area contributed by atoms with Gasteiger partial charge in [0.2, 0.25) is 5.91 Å². The van der Waals surface area contributed by atoms with Gasteiger partial charge in [-0.1, -0.05) is 73.0 Å². The lowest BCUT2D eigenvalue weighted by Gasteiger charge is -2.24. The van der Waals surface area contributed by atoms with Gasteiger partial charge in [-0.3, -0.25) is 9.59 Å². The minimum absolute atomic E-state index is 0.0128. The maximum Gasteiger partial charge on any atom is 0.242 e.